The van der Waals surface area contributed by atoms with Gasteiger partial charge in [0.25, 0.3) is 0 Å². The van der Waals surface area contributed by atoms with Gasteiger partial charge in [-0.25, -0.2) is 9.79 Å². The molecule has 28 heavy (non-hydrogen) atoms. The van der Waals surface area contributed by atoms with Crippen molar-refractivity contribution in [3.63, 3.8) is 0 Å². The molecule has 3 aromatic carbocycles. The van der Waals surface area contributed by atoms with Crippen molar-refractivity contribution in [2.75, 3.05) is 0 Å². The lowest BCUT2D eigenvalue weighted by molar-refractivity contribution is -0.130. The summed E-state index contributed by atoms with van der Waals surface area (Å²) >= 11 is 6.25. The van der Waals surface area contributed by atoms with Crippen LogP contribution in [0, 0.1) is 0 Å². The number of hydrogen-bond donors (Lipinski definition) is 0. The summed E-state index contributed by atoms with van der Waals surface area (Å²) in [4.78, 5) is 16.4. The lowest BCUT2D eigenvalue weighted by Crippen LogP contribution is -2.05. The van der Waals surface area contributed by atoms with E-state index < -0.39 is 5.97 Å². The molecule has 0 atom stereocenters. The molecule has 3 nitrogen and oxygen atoms in total. The highest BCUT2D eigenvalue weighted by Gasteiger charge is 2.24. The predicted molar refractivity (Wildman–Crippen MR) is 113 cm³/mol. The Labute approximate surface area is 168 Å². The van der Waals surface area contributed by atoms with Crippen LogP contribution in [0.1, 0.15) is 11.1 Å². The van der Waals surface area contributed by atoms with Crippen LogP contribution in [-0.2, 0) is 9.53 Å². The van der Waals surface area contributed by atoms with Gasteiger partial charge in [0.1, 0.15) is 0 Å². The molecule has 0 spiro atoms. The lowest BCUT2D eigenvalue weighted by Gasteiger charge is -2.03. The topological polar surface area (TPSA) is 38.7 Å². The van der Waals surface area contributed by atoms with Crippen molar-refractivity contribution in [2.45, 2.75) is 0 Å². The third kappa shape index (κ3) is 4.11. The number of esters is 1. The van der Waals surface area contributed by atoms with Gasteiger partial charge in [-0.3, -0.25) is 0 Å². The van der Waals surface area contributed by atoms with Gasteiger partial charge in [-0.2, -0.15) is 0 Å². The Morgan fingerprint density at radius 2 is 1.36 bits per heavy atom. The van der Waals surface area contributed by atoms with Crippen molar-refractivity contribution >= 4 is 29.5 Å². The van der Waals surface area contributed by atoms with E-state index in [0.29, 0.717) is 5.03 Å². The minimum Gasteiger partial charge on any atom is -0.402 e. The van der Waals surface area contributed by atoms with Gasteiger partial charge in [0.05, 0.1) is 0 Å². The number of cyclic esters (lactones) is 1. The Balaban J connectivity index is 1.56. The molecule has 0 N–H and O–H groups in total. The summed E-state index contributed by atoms with van der Waals surface area (Å²) in [6, 6.07) is 27.4. The SMILES string of the molecule is O=C1OC(c2ccc(-c3ccccc3)cc2)=NC1=CC(Cl)=Cc1ccccc1. The van der Waals surface area contributed by atoms with Crippen LogP contribution in [0.4, 0.5) is 0 Å². The number of carbonyl (C=O) groups is 1. The highest BCUT2D eigenvalue weighted by molar-refractivity contribution is 6.33. The molecule has 0 saturated carbocycles. The molecule has 0 radical (unpaired) electrons. The Hall–Kier alpha value is -3.43. The minimum atomic E-state index is -0.512. The highest BCUT2D eigenvalue weighted by atomic mass is 35.5. The van der Waals surface area contributed by atoms with Gasteiger partial charge < -0.3 is 4.74 Å². The Morgan fingerprint density at radius 1 is 0.786 bits per heavy atom. The number of halogens is 1. The van der Waals surface area contributed by atoms with Crippen LogP contribution >= 0.6 is 11.6 Å². The maximum Gasteiger partial charge on any atom is 0.363 e. The number of aliphatic imine (C=N–C) groups is 1. The zero-order valence-electron chi connectivity index (χ0n) is 14.9. The first-order valence-corrected chi connectivity index (χ1v) is 9.17. The van der Waals surface area contributed by atoms with Crippen LogP contribution in [0.25, 0.3) is 17.2 Å². The average molecular weight is 386 g/mol. The summed E-state index contributed by atoms with van der Waals surface area (Å²) in [6.07, 6.45) is 3.28. The Kier molecular flexibility index (Phi) is 5.18. The molecular formula is C24H16ClNO2. The largest absolute Gasteiger partial charge is 0.402 e. The molecule has 1 aliphatic heterocycles. The number of allylic oxidation sites excluding steroid dienone is 2. The quantitative estimate of drug-likeness (QED) is 0.419. The standard InChI is InChI=1S/C24H16ClNO2/c25-21(15-17-7-3-1-4-8-17)16-22-24(27)28-23(26-22)20-13-11-19(12-14-20)18-9-5-2-6-10-18/h1-16H. The van der Waals surface area contributed by atoms with Crippen molar-refractivity contribution in [1.29, 1.82) is 0 Å². The summed E-state index contributed by atoms with van der Waals surface area (Å²) in [5, 5.41) is 0.405. The molecule has 0 amide bonds. The second-order valence-corrected chi connectivity index (χ2v) is 6.66. The predicted octanol–water partition coefficient (Wildman–Crippen LogP) is 5.82. The summed E-state index contributed by atoms with van der Waals surface area (Å²) in [5.74, 6) is -0.234. The monoisotopic (exact) mass is 385 g/mol. The van der Waals surface area contributed by atoms with Crippen LogP contribution < -0.4 is 0 Å². The zero-order chi connectivity index (χ0) is 19.3. The maximum atomic E-state index is 12.1. The number of carbonyl (C=O) groups excluding carboxylic acids is 1. The van der Waals surface area contributed by atoms with Crippen LogP contribution in [0.5, 0.6) is 0 Å². The molecular weight excluding hydrogens is 370 g/mol. The van der Waals surface area contributed by atoms with E-state index in [0.717, 1.165) is 22.3 Å². The first-order chi connectivity index (χ1) is 13.7. The molecule has 4 heteroatoms. The molecule has 0 saturated heterocycles. The average Bonchev–Trinajstić information content (AvgIpc) is 3.09. The number of rotatable bonds is 4. The first kappa shape index (κ1) is 18.0. The fraction of sp³-hybridized carbons (Fsp3) is 0. The van der Waals surface area contributed by atoms with E-state index >= 15 is 0 Å². The van der Waals surface area contributed by atoms with Gasteiger partial charge in [0, 0.05) is 10.6 Å². The molecule has 4 rings (SSSR count). The Morgan fingerprint density at radius 3 is 2.04 bits per heavy atom. The molecule has 0 unspecified atom stereocenters. The van der Waals surface area contributed by atoms with Crippen LogP contribution in [-0.4, -0.2) is 11.9 Å². The fourth-order valence-electron chi connectivity index (χ4n) is 2.85. The number of benzene rings is 3. The van der Waals surface area contributed by atoms with Crippen LogP contribution in [0.2, 0.25) is 0 Å². The van der Waals surface area contributed by atoms with Gasteiger partial charge in [-0.05, 0) is 41.0 Å². The van der Waals surface area contributed by atoms with Crippen molar-refractivity contribution in [3.8, 4) is 11.1 Å². The molecule has 136 valence electrons. The van der Waals surface area contributed by atoms with E-state index in [-0.39, 0.29) is 11.6 Å². The van der Waals surface area contributed by atoms with Gasteiger partial charge in [0.15, 0.2) is 5.70 Å². The van der Waals surface area contributed by atoms with Crippen LogP contribution in [0.15, 0.2) is 107 Å². The number of nitrogens with zero attached hydrogens (tertiary/aromatic N) is 1. The second-order valence-electron chi connectivity index (χ2n) is 6.22. The van der Waals surface area contributed by atoms with Gasteiger partial charge in [-0.1, -0.05) is 84.4 Å². The van der Waals surface area contributed by atoms with E-state index in [9.17, 15) is 4.79 Å². The second kappa shape index (κ2) is 8.07. The van der Waals surface area contributed by atoms with Crippen molar-refractivity contribution in [1.82, 2.24) is 0 Å². The maximum absolute atomic E-state index is 12.1. The van der Waals surface area contributed by atoms with Gasteiger partial charge >= 0.3 is 5.97 Å². The van der Waals surface area contributed by atoms with Crippen molar-refractivity contribution in [3.05, 3.63) is 113 Å². The fourth-order valence-corrected chi connectivity index (χ4v) is 3.08. The van der Waals surface area contributed by atoms with E-state index in [1.807, 2.05) is 84.9 Å². The zero-order valence-corrected chi connectivity index (χ0v) is 15.6. The van der Waals surface area contributed by atoms with Crippen molar-refractivity contribution < 1.29 is 9.53 Å². The number of hydrogen-bond acceptors (Lipinski definition) is 3. The highest BCUT2D eigenvalue weighted by Crippen LogP contribution is 2.23. The molecule has 3 aromatic rings. The smallest absolute Gasteiger partial charge is 0.363 e. The third-order valence-electron chi connectivity index (χ3n) is 4.24. The van der Waals surface area contributed by atoms with Gasteiger partial charge in [-0.15, -0.1) is 0 Å². The van der Waals surface area contributed by atoms with Crippen LogP contribution in [0.3, 0.4) is 0 Å². The molecule has 0 aliphatic carbocycles. The molecule has 1 heterocycles. The molecule has 0 fully saturated rings. The first-order valence-electron chi connectivity index (χ1n) is 8.80. The molecule has 0 aromatic heterocycles. The van der Waals surface area contributed by atoms with E-state index in [1.165, 1.54) is 6.08 Å². The number of ether oxygens (including phenoxy) is 1. The summed E-state index contributed by atoms with van der Waals surface area (Å²) in [6.45, 7) is 0. The van der Waals surface area contributed by atoms with E-state index in [4.69, 9.17) is 16.3 Å². The normalized spacial score (nSPS) is 15.5. The van der Waals surface area contributed by atoms with E-state index in [1.54, 1.807) is 6.08 Å². The Bertz CT molecular complexity index is 1080. The summed E-state index contributed by atoms with van der Waals surface area (Å²) < 4.78 is 5.31. The van der Waals surface area contributed by atoms with Gasteiger partial charge in [0.2, 0.25) is 5.90 Å². The molecule has 0 bridgehead atoms. The third-order valence-corrected chi connectivity index (χ3v) is 4.46. The van der Waals surface area contributed by atoms with Crippen molar-refractivity contribution in [2.24, 2.45) is 4.99 Å². The molecule has 1 aliphatic rings. The minimum absolute atomic E-state index is 0.180. The summed E-state index contributed by atoms with van der Waals surface area (Å²) in [5.41, 5.74) is 4.06. The van der Waals surface area contributed by atoms with E-state index in [2.05, 4.69) is 4.99 Å². The summed E-state index contributed by atoms with van der Waals surface area (Å²) in [7, 11) is 0. The lowest BCUT2D eigenvalue weighted by atomic mass is 10.0.